The summed E-state index contributed by atoms with van der Waals surface area (Å²) in [6.45, 7) is 1.86. The second kappa shape index (κ2) is 7.22. The molecule has 0 radical (unpaired) electrons. The largest absolute Gasteiger partial charge is 0.388 e. The molecule has 9 heteroatoms. The zero-order valence-electron chi connectivity index (χ0n) is 14.1. The van der Waals surface area contributed by atoms with Gasteiger partial charge in [0.15, 0.2) is 0 Å². The Morgan fingerprint density at radius 3 is 2.65 bits per heavy atom. The van der Waals surface area contributed by atoms with Crippen molar-refractivity contribution in [3.05, 3.63) is 62.7 Å². The third-order valence-electron chi connectivity index (χ3n) is 4.60. The van der Waals surface area contributed by atoms with Crippen molar-refractivity contribution in [1.29, 1.82) is 0 Å². The van der Waals surface area contributed by atoms with Crippen LogP contribution in [0.5, 0.6) is 0 Å². The van der Waals surface area contributed by atoms with E-state index in [0.29, 0.717) is 12.8 Å². The molecule has 0 unspecified atom stereocenters. The van der Waals surface area contributed by atoms with Crippen LogP contribution in [0.1, 0.15) is 34.9 Å². The van der Waals surface area contributed by atoms with E-state index in [2.05, 4.69) is 15.3 Å². The summed E-state index contributed by atoms with van der Waals surface area (Å²) in [5.41, 5.74) is -0.0481. The molecule has 1 fully saturated rings. The number of aromatic amines is 1. The smallest absolute Gasteiger partial charge is 0.328 e. The van der Waals surface area contributed by atoms with Gasteiger partial charge in [0.05, 0.1) is 12.1 Å². The molecule has 3 rings (SSSR count). The number of pyridine rings is 1. The van der Waals surface area contributed by atoms with Crippen LogP contribution in [0.25, 0.3) is 0 Å². The summed E-state index contributed by atoms with van der Waals surface area (Å²) in [5.74, 6) is -0.444. The van der Waals surface area contributed by atoms with Crippen LogP contribution < -0.4 is 16.6 Å². The molecule has 2 aromatic rings. The number of aliphatic hydroxyl groups excluding tert-OH is 2. The normalized spacial score (nSPS) is 25.7. The Morgan fingerprint density at radius 2 is 2.00 bits per heavy atom. The van der Waals surface area contributed by atoms with Crippen LogP contribution in [0.15, 0.2) is 40.2 Å². The predicted octanol–water partition coefficient (Wildman–Crippen LogP) is -0.905. The van der Waals surface area contributed by atoms with E-state index in [1.165, 1.54) is 16.8 Å². The minimum Gasteiger partial charge on any atom is -0.388 e. The fraction of sp³-hybridized carbons (Fsp3) is 0.412. The number of H-pyrrole nitrogens is 1. The summed E-state index contributed by atoms with van der Waals surface area (Å²) in [6.07, 6.45) is 1.02. The maximum Gasteiger partial charge on any atom is 0.328 e. The predicted molar refractivity (Wildman–Crippen MR) is 91.8 cm³/mol. The van der Waals surface area contributed by atoms with Crippen molar-refractivity contribution in [2.75, 3.05) is 0 Å². The van der Waals surface area contributed by atoms with Crippen LogP contribution in [0.3, 0.4) is 0 Å². The van der Waals surface area contributed by atoms with E-state index in [-0.39, 0.29) is 5.69 Å². The molecule has 1 amide bonds. The third-order valence-corrected chi connectivity index (χ3v) is 4.60. The Labute approximate surface area is 148 Å². The highest BCUT2D eigenvalue weighted by molar-refractivity contribution is 5.92. The van der Waals surface area contributed by atoms with Gasteiger partial charge in [-0.1, -0.05) is 6.07 Å². The van der Waals surface area contributed by atoms with Crippen molar-refractivity contribution < 1.29 is 15.0 Å². The highest BCUT2D eigenvalue weighted by Gasteiger charge is 2.39. The Bertz CT molecular complexity index is 904. The van der Waals surface area contributed by atoms with Gasteiger partial charge in [-0.25, -0.2) is 4.79 Å². The number of rotatable bonds is 3. The lowest BCUT2D eigenvalue weighted by Crippen LogP contribution is -2.55. The van der Waals surface area contributed by atoms with Crippen molar-refractivity contribution in [2.24, 2.45) is 0 Å². The van der Waals surface area contributed by atoms with Crippen molar-refractivity contribution in [1.82, 2.24) is 19.9 Å². The number of hydrogen-bond donors (Lipinski definition) is 4. The van der Waals surface area contributed by atoms with Crippen LogP contribution >= 0.6 is 0 Å². The average Bonchev–Trinajstić information content (AvgIpc) is 2.60. The molecule has 0 saturated heterocycles. The van der Waals surface area contributed by atoms with E-state index < -0.39 is 41.4 Å². The molecule has 4 N–H and O–H groups in total. The molecule has 4 atom stereocenters. The van der Waals surface area contributed by atoms with Gasteiger partial charge in [0, 0.05) is 18.5 Å². The number of aliphatic hydroxyl groups is 2. The molecule has 1 saturated carbocycles. The van der Waals surface area contributed by atoms with E-state index >= 15 is 0 Å². The lowest BCUT2D eigenvalue weighted by atomic mass is 9.85. The van der Waals surface area contributed by atoms with Gasteiger partial charge in [0.25, 0.3) is 11.5 Å². The Kier molecular flexibility index (Phi) is 5.01. The first-order valence-electron chi connectivity index (χ1n) is 8.28. The first kappa shape index (κ1) is 18.0. The van der Waals surface area contributed by atoms with Crippen molar-refractivity contribution in [3.8, 4) is 0 Å². The fourth-order valence-corrected chi connectivity index (χ4v) is 3.15. The number of nitrogens with one attached hydrogen (secondary N) is 2. The SMILES string of the molecule is Cc1ccc(C(=O)N[C@@H]2CC[C@@H](n3ccc(=O)[nH]c3=O)[C@@H](O)[C@@H]2O)nc1. The molecular formula is C17H20N4O5. The topological polar surface area (TPSA) is 137 Å². The number of carbonyl (C=O) groups is 1. The van der Waals surface area contributed by atoms with E-state index in [1.807, 2.05) is 6.92 Å². The number of aromatic nitrogens is 3. The molecule has 9 nitrogen and oxygen atoms in total. The fourth-order valence-electron chi connectivity index (χ4n) is 3.15. The molecule has 26 heavy (non-hydrogen) atoms. The second-order valence-electron chi connectivity index (χ2n) is 6.44. The van der Waals surface area contributed by atoms with E-state index in [1.54, 1.807) is 18.3 Å². The van der Waals surface area contributed by atoms with Gasteiger partial charge in [-0.2, -0.15) is 0 Å². The molecule has 0 bridgehead atoms. The zero-order chi connectivity index (χ0) is 18.8. The van der Waals surface area contributed by atoms with Gasteiger partial charge in [0.1, 0.15) is 17.9 Å². The Balaban J connectivity index is 1.72. The molecule has 1 aliphatic carbocycles. The molecule has 2 aromatic heterocycles. The van der Waals surface area contributed by atoms with Gasteiger partial charge in [-0.15, -0.1) is 0 Å². The number of nitrogens with zero attached hydrogens (tertiary/aromatic N) is 2. The molecule has 0 aliphatic heterocycles. The second-order valence-corrected chi connectivity index (χ2v) is 6.44. The number of aryl methyl sites for hydroxylation is 1. The minimum absolute atomic E-state index is 0.219. The van der Waals surface area contributed by atoms with Crippen LogP contribution in [-0.4, -0.2) is 48.9 Å². The molecular weight excluding hydrogens is 340 g/mol. The van der Waals surface area contributed by atoms with Crippen LogP contribution in [0, 0.1) is 6.92 Å². The Hall–Kier alpha value is -2.78. The average molecular weight is 360 g/mol. The van der Waals surface area contributed by atoms with Crippen LogP contribution in [0.4, 0.5) is 0 Å². The summed E-state index contributed by atoms with van der Waals surface area (Å²) >= 11 is 0. The lowest BCUT2D eigenvalue weighted by molar-refractivity contribution is -0.0570. The number of carbonyl (C=O) groups excluding carboxylic acids is 1. The standard InChI is InChI=1S/C17H20N4O5/c1-9-2-3-11(18-8-9)16(25)19-10-4-5-12(15(24)14(10)23)21-7-6-13(22)20-17(21)26/h2-3,6-8,10,12,14-15,23-24H,4-5H2,1H3,(H,19,25)(H,20,22,26)/t10-,12-,14-,15-/m1/s1. The van der Waals surface area contributed by atoms with Crippen molar-refractivity contribution in [2.45, 2.75) is 44.1 Å². The molecule has 1 aliphatic rings. The molecule has 0 spiro atoms. The highest BCUT2D eigenvalue weighted by Crippen LogP contribution is 2.28. The van der Waals surface area contributed by atoms with Gasteiger partial charge in [-0.3, -0.25) is 24.1 Å². The highest BCUT2D eigenvalue weighted by atomic mass is 16.3. The van der Waals surface area contributed by atoms with Crippen LogP contribution in [-0.2, 0) is 0 Å². The molecule has 138 valence electrons. The van der Waals surface area contributed by atoms with Gasteiger partial charge < -0.3 is 15.5 Å². The quantitative estimate of drug-likeness (QED) is 0.559. The lowest BCUT2D eigenvalue weighted by Gasteiger charge is -2.38. The summed E-state index contributed by atoms with van der Waals surface area (Å²) < 4.78 is 1.19. The first-order valence-corrected chi connectivity index (χ1v) is 8.28. The minimum atomic E-state index is -1.27. The Morgan fingerprint density at radius 1 is 1.23 bits per heavy atom. The van der Waals surface area contributed by atoms with Crippen molar-refractivity contribution >= 4 is 5.91 Å². The number of amides is 1. The third kappa shape index (κ3) is 3.58. The first-order chi connectivity index (χ1) is 12.4. The van der Waals surface area contributed by atoms with Crippen LogP contribution in [0.2, 0.25) is 0 Å². The molecule has 0 aromatic carbocycles. The van der Waals surface area contributed by atoms with Gasteiger partial charge in [0.2, 0.25) is 0 Å². The summed E-state index contributed by atoms with van der Waals surface area (Å²) in [7, 11) is 0. The van der Waals surface area contributed by atoms with Crippen molar-refractivity contribution in [3.63, 3.8) is 0 Å². The zero-order valence-corrected chi connectivity index (χ0v) is 14.1. The monoisotopic (exact) mass is 360 g/mol. The molecule has 2 heterocycles. The van der Waals surface area contributed by atoms with E-state index in [4.69, 9.17) is 0 Å². The summed E-state index contributed by atoms with van der Waals surface area (Å²) in [6, 6.07) is 3.15. The maximum absolute atomic E-state index is 12.3. The number of hydrogen-bond acceptors (Lipinski definition) is 6. The van der Waals surface area contributed by atoms with E-state index in [9.17, 15) is 24.6 Å². The summed E-state index contributed by atoms with van der Waals surface area (Å²) in [4.78, 5) is 41.5. The van der Waals surface area contributed by atoms with Gasteiger partial charge in [-0.05, 0) is 31.4 Å². The summed E-state index contributed by atoms with van der Waals surface area (Å²) in [5, 5.41) is 23.5. The van der Waals surface area contributed by atoms with Gasteiger partial charge >= 0.3 is 5.69 Å². The van der Waals surface area contributed by atoms with E-state index in [0.717, 1.165) is 5.56 Å². The maximum atomic E-state index is 12.3.